The molecule has 6 heteroatoms. The lowest BCUT2D eigenvalue weighted by Gasteiger charge is -2.26. The number of benzene rings is 2. The molecule has 1 fully saturated rings. The summed E-state index contributed by atoms with van der Waals surface area (Å²) in [7, 11) is -3.58. The molecule has 0 aromatic heterocycles. The molecule has 3 rings (SSSR count). The summed E-state index contributed by atoms with van der Waals surface area (Å²) >= 11 is 0. The van der Waals surface area contributed by atoms with Crippen LogP contribution in [0.3, 0.4) is 0 Å². The first-order valence-corrected chi connectivity index (χ1v) is 11.9. The molecule has 0 spiro atoms. The summed E-state index contributed by atoms with van der Waals surface area (Å²) in [4.78, 5) is 14.7. The second-order valence-corrected chi connectivity index (χ2v) is 9.52. The van der Waals surface area contributed by atoms with Gasteiger partial charge < -0.3 is 4.90 Å². The van der Waals surface area contributed by atoms with Gasteiger partial charge in [-0.25, -0.2) is 13.1 Å². The van der Waals surface area contributed by atoms with E-state index in [0.29, 0.717) is 11.5 Å². The standard InChI is InChI=1S/C23H30N2O3S/c1-3-18(2)20-11-13-22(14-12-20)29(27,28)24-17-19-7-9-21(10-8-19)23(26)25-15-5-4-6-16-25/h7-14,18,24H,3-6,15-17H2,1-2H3. The molecule has 0 radical (unpaired) electrons. The number of hydrogen-bond acceptors (Lipinski definition) is 3. The van der Waals surface area contributed by atoms with E-state index >= 15 is 0 Å². The number of nitrogens with one attached hydrogen (secondary N) is 1. The van der Waals surface area contributed by atoms with E-state index in [0.717, 1.165) is 43.5 Å². The lowest BCUT2D eigenvalue weighted by atomic mass is 9.99. The molecule has 1 amide bonds. The van der Waals surface area contributed by atoms with E-state index in [4.69, 9.17) is 0 Å². The van der Waals surface area contributed by atoms with Gasteiger partial charge in [0.2, 0.25) is 10.0 Å². The highest BCUT2D eigenvalue weighted by Gasteiger charge is 2.18. The van der Waals surface area contributed by atoms with Crippen molar-refractivity contribution in [2.45, 2.75) is 56.9 Å². The SMILES string of the molecule is CCC(C)c1ccc(S(=O)(=O)NCc2ccc(C(=O)N3CCCCC3)cc2)cc1. The number of carbonyl (C=O) groups excluding carboxylic acids is 1. The molecule has 1 N–H and O–H groups in total. The number of carbonyl (C=O) groups is 1. The Morgan fingerprint density at radius 3 is 2.21 bits per heavy atom. The summed E-state index contributed by atoms with van der Waals surface area (Å²) in [5.74, 6) is 0.462. The maximum absolute atomic E-state index is 12.6. The summed E-state index contributed by atoms with van der Waals surface area (Å²) in [5.41, 5.74) is 2.61. The van der Waals surface area contributed by atoms with Gasteiger partial charge in [-0.3, -0.25) is 4.79 Å². The zero-order valence-electron chi connectivity index (χ0n) is 17.2. The lowest BCUT2D eigenvalue weighted by molar-refractivity contribution is 0.0724. The van der Waals surface area contributed by atoms with E-state index < -0.39 is 10.0 Å². The van der Waals surface area contributed by atoms with Gasteiger partial charge in [0.1, 0.15) is 0 Å². The smallest absolute Gasteiger partial charge is 0.253 e. The molecule has 5 nitrogen and oxygen atoms in total. The minimum absolute atomic E-state index is 0.0539. The predicted molar refractivity (Wildman–Crippen MR) is 115 cm³/mol. The van der Waals surface area contributed by atoms with Crippen LogP contribution in [-0.4, -0.2) is 32.3 Å². The van der Waals surface area contributed by atoms with Crippen LogP contribution in [-0.2, 0) is 16.6 Å². The fourth-order valence-electron chi connectivity index (χ4n) is 3.52. The fourth-order valence-corrected chi connectivity index (χ4v) is 4.54. The third-order valence-corrected chi connectivity index (χ3v) is 7.10. The van der Waals surface area contributed by atoms with E-state index in [2.05, 4.69) is 18.6 Å². The highest BCUT2D eigenvalue weighted by atomic mass is 32.2. The number of rotatable bonds is 7. The quantitative estimate of drug-likeness (QED) is 0.734. The van der Waals surface area contributed by atoms with Crippen LogP contribution in [0, 0.1) is 0 Å². The molecule has 0 bridgehead atoms. The lowest BCUT2D eigenvalue weighted by Crippen LogP contribution is -2.35. The van der Waals surface area contributed by atoms with Crippen molar-refractivity contribution in [2.75, 3.05) is 13.1 Å². The summed E-state index contributed by atoms with van der Waals surface area (Å²) < 4.78 is 27.8. The van der Waals surface area contributed by atoms with Crippen LogP contribution in [0.2, 0.25) is 0 Å². The van der Waals surface area contributed by atoms with Gasteiger partial charge in [0.15, 0.2) is 0 Å². The Bertz CT molecular complexity index is 916. The van der Waals surface area contributed by atoms with Gasteiger partial charge in [0.05, 0.1) is 4.90 Å². The van der Waals surface area contributed by atoms with Crippen LogP contribution < -0.4 is 4.72 Å². The zero-order chi connectivity index (χ0) is 20.9. The summed E-state index contributed by atoms with van der Waals surface area (Å²) in [6, 6.07) is 14.3. The first kappa shape index (κ1) is 21.5. The number of piperidine rings is 1. The zero-order valence-corrected chi connectivity index (χ0v) is 18.0. The molecule has 1 atom stereocenters. The fraction of sp³-hybridized carbons (Fsp3) is 0.435. The Kier molecular flexibility index (Phi) is 7.09. The highest BCUT2D eigenvalue weighted by molar-refractivity contribution is 7.89. The van der Waals surface area contributed by atoms with Crippen molar-refractivity contribution in [2.24, 2.45) is 0 Å². The Labute approximate surface area is 174 Å². The summed E-state index contributed by atoms with van der Waals surface area (Å²) in [6.07, 6.45) is 4.32. The number of likely N-dealkylation sites (tertiary alicyclic amines) is 1. The van der Waals surface area contributed by atoms with Crippen LogP contribution in [0.5, 0.6) is 0 Å². The van der Waals surface area contributed by atoms with E-state index in [1.807, 2.05) is 29.2 Å². The largest absolute Gasteiger partial charge is 0.339 e. The van der Waals surface area contributed by atoms with Crippen LogP contribution in [0.25, 0.3) is 0 Å². The molecular weight excluding hydrogens is 384 g/mol. The molecule has 0 saturated carbocycles. The number of hydrogen-bond donors (Lipinski definition) is 1. The van der Waals surface area contributed by atoms with Crippen molar-refractivity contribution in [1.82, 2.24) is 9.62 Å². The van der Waals surface area contributed by atoms with E-state index in [9.17, 15) is 13.2 Å². The minimum atomic E-state index is -3.58. The van der Waals surface area contributed by atoms with Crippen molar-refractivity contribution in [1.29, 1.82) is 0 Å². The second kappa shape index (κ2) is 9.55. The van der Waals surface area contributed by atoms with Gasteiger partial charge in [0, 0.05) is 25.2 Å². The second-order valence-electron chi connectivity index (χ2n) is 7.75. The van der Waals surface area contributed by atoms with E-state index in [-0.39, 0.29) is 17.3 Å². The Morgan fingerprint density at radius 2 is 1.62 bits per heavy atom. The molecule has 2 aromatic carbocycles. The van der Waals surface area contributed by atoms with Crippen molar-refractivity contribution >= 4 is 15.9 Å². The molecule has 1 saturated heterocycles. The molecule has 156 valence electrons. The van der Waals surface area contributed by atoms with Gasteiger partial charge in [-0.05, 0) is 67.0 Å². The van der Waals surface area contributed by atoms with Gasteiger partial charge in [-0.15, -0.1) is 0 Å². The highest BCUT2D eigenvalue weighted by Crippen LogP contribution is 2.20. The van der Waals surface area contributed by atoms with Gasteiger partial charge in [-0.2, -0.15) is 0 Å². The first-order valence-electron chi connectivity index (χ1n) is 10.4. The van der Waals surface area contributed by atoms with Crippen LogP contribution in [0.15, 0.2) is 53.4 Å². The minimum Gasteiger partial charge on any atom is -0.339 e. The Balaban J connectivity index is 1.60. The first-order chi connectivity index (χ1) is 13.9. The maximum atomic E-state index is 12.6. The van der Waals surface area contributed by atoms with Crippen LogP contribution in [0.1, 0.15) is 66.9 Å². The van der Waals surface area contributed by atoms with Crippen molar-refractivity contribution in [3.8, 4) is 0 Å². The van der Waals surface area contributed by atoms with Crippen molar-refractivity contribution in [3.63, 3.8) is 0 Å². The molecular formula is C23H30N2O3S. The van der Waals surface area contributed by atoms with Crippen LogP contribution in [0.4, 0.5) is 0 Å². The van der Waals surface area contributed by atoms with Crippen molar-refractivity contribution < 1.29 is 13.2 Å². The monoisotopic (exact) mass is 414 g/mol. The topological polar surface area (TPSA) is 66.5 Å². The molecule has 1 heterocycles. The van der Waals surface area contributed by atoms with Gasteiger partial charge in [0.25, 0.3) is 5.91 Å². The molecule has 1 aliphatic rings. The normalized spacial score (nSPS) is 15.9. The molecule has 2 aromatic rings. The van der Waals surface area contributed by atoms with Gasteiger partial charge in [-0.1, -0.05) is 38.1 Å². The average molecular weight is 415 g/mol. The Morgan fingerprint density at radius 1 is 1.00 bits per heavy atom. The van der Waals surface area contributed by atoms with Crippen LogP contribution >= 0.6 is 0 Å². The molecule has 29 heavy (non-hydrogen) atoms. The summed E-state index contributed by atoms with van der Waals surface area (Å²) in [5, 5.41) is 0. The number of sulfonamides is 1. The number of amides is 1. The number of nitrogens with zero attached hydrogens (tertiary/aromatic N) is 1. The molecule has 1 aliphatic heterocycles. The molecule has 1 unspecified atom stereocenters. The van der Waals surface area contributed by atoms with Gasteiger partial charge >= 0.3 is 0 Å². The maximum Gasteiger partial charge on any atom is 0.253 e. The predicted octanol–water partition coefficient (Wildman–Crippen LogP) is 4.30. The van der Waals surface area contributed by atoms with E-state index in [1.54, 1.807) is 24.3 Å². The van der Waals surface area contributed by atoms with Crippen molar-refractivity contribution in [3.05, 3.63) is 65.2 Å². The summed E-state index contributed by atoms with van der Waals surface area (Å²) in [6.45, 7) is 6.06. The Hall–Kier alpha value is -2.18. The molecule has 0 aliphatic carbocycles. The third-order valence-electron chi connectivity index (χ3n) is 5.68. The average Bonchev–Trinajstić information content (AvgIpc) is 2.77. The third kappa shape index (κ3) is 5.46. The van der Waals surface area contributed by atoms with E-state index in [1.165, 1.54) is 6.42 Å².